The van der Waals surface area contributed by atoms with Gasteiger partial charge in [0.2, 0.25) is 0 Å². The Morgan fingerprint density at radius 2 is 0.469 bits per heavy atom. The van der Waals surface area contributed by atoms with Crippen LogP contribution in [0, 0.1) is 0 Å². The Morgan fingerprint density at radius 1 is 0.224 bits per heavy atom. The zero-order chi connectivity index (χ0) is 32.4. The fourth-order valence-corrected chi connectivity index (χ4v) is 5.51. The molecular formula is C45H33IrN3. The molecule has 0 N–H and O–H groups in total. The first-order valence-corrected chi connectivity index (χ1v) is 16.0. The van der Waals surface area contributed by atoms with Crippen molar-refractivity contribution in [1.29, 1.82) is 0 Å². The zero-order valence-corrected chi connectivity index (χ0v) is 29.1. The normalized spacial score (nSPS) is 10.3. The molecule has 0 aliphatic rings. The van der Waals surface area contributed by atoms with E-state index >= 15 is 0 Å². The Balaban J connectivity index is 0.000000126. The third kappa shape index (κ3) is 8.38. The Morgan fingerprint density at radius 3 is 0.755 bits per heavy atom. The van der Waals surface area contributed by atoms with E-state index in [0.717, 1.165) is 50.3 Å². The Kier molecular flexibility index (Phi) is 11.0. The molecule has 0 spiro atoms. The van der Waals surface area contributed by atoms with Gasteiger partial charge in [-0.3, -0.25) is 0 Å². The van der Waals surface area contributed by atoms with Crippen LogP contribution in [0.5, 0.6) is 0 Å². The Hall–Kier alpha value is -5.80. The van der Waals surface area contributed by atoms with E-state index in [0.29, 0.717) is 0 Å². The molecule has 3 aromatic heterocycles. The van der Waals surface area contributed by atoms with Crippen LogP contribution < -0.4 is 0 Å². The van der Waals surface area contributed by atoms with E-state index in [2.05, 4.69) is 106 Å². The third-order valence-corrected chi connectivity index (χ3v) is 8.00. The first-order valence-electron chi connectivity index (χ1n) is 16.0. The topological polar surface area (TPSA) is 38.7 Å². The van der Waals surface area contributed by atoms with Crippen LogP contribution in [0.1, 0.15) is 0 Å². The van der Waals surface area contributed by atoms with E-state index in [4.69, 9.17) is 0 Å². The summed E-state index contributed by atoms with van der Waals surface area (Å²) in [7, 11) is 0. The van der Waals surface area contributed by atoms with E-state index in [9.17, 15) is 0 Å². The molecule has 0 saturated heterocycles. The number of benzene rings is 6. The quantitative estimate of drug-likeness (QED) is 0.178. The molecule has 3 heterocycles. The summed E-state index contributed by atoms with van der Waals surface area (Å²) in [5, 5.41) is 3.55. The predicted molar refractivity (Wildman–Crippen MR) is 202 cm³/mol. The fourth-order valence-electron chi connectivity index (χ4n) is 5.51. The summed E-state index contributed by atoms with van der Waals surface area (Å²) in [6, 6.07) is 67.8. The standard InChI is InChI=1S/3C15H11N.Ir/c3*1-2-6-12(7-3-1)15-11-10-13-8-4-5-9-14(13)16-15;/h3*1-11H;. The number of rotatable bonds is 3. The van der Waals surface area contributed by atoms with Crippen LogP contribution in [0.4, 0.5) is 0 Å². The molecule has 0 aliphatic heterocycles. The maximum Gasteiger partial charge on any atom is 0.0709 e. The van der Waals surface area contributed by atoms with Gasteiger partial charge in [0.25, 0.3) is 0 Å². The van der Waals surface area contributed by atoms with Crippen molar-refractivity contribution < 1.29 is 20.1 Å². The predicted octanol–water partition coefficient (Wildman–Crippen LogP) is 11.7. The molecule has 9 rings (SSSR count). The van der Waals surface area contributed by atoms with Crippen molar-refractivity contribution in [2.75, 3.05) is 0 Å². The second-order valence-corrected chi connectivity index (χ2v) is 11.3. The summed E-state index contributed by atoms with van der Waals surface area (Å²) in [6.07, 6.45) is 0. The molecule has 0 aliphatic carbocycles. The molecule has 0 atom stereocenters. The molecule has 4 heteroatoms. The summed E-state index contributed by atoms with van der Waals surface area (Å²) in [5.41, 5.74) is 9.70. The van der Waals surface area contributed by atoms with E-state index in [1.165, 1.54) is 16.2 Å². The molecule has 0 amide bonds. The van der Waals surface area contributed by atoms with Gasteiger partial charge in [0.05, 0.1) is 33.6 Å². The van der Waals surface area contributed by atoms with Gasteiger partial charge in [-0.15, -0.1) is 0 Å². The molecule has 237 valence electrons. The molecule has 1 radical (unpaired) electrons. The van der Waals surface area contributed by atoms with Crippen LogP contribution in [0.25, 0.3) is 66.5 Å². The number of para-hydroxylation sites is 3. The van der Waals surface area contributed by atoms with Gasteiger partial charge >= 0.3 is 0 Å². The number of nitrogens with zero attached hydrogens (tertiary/aromatic N) is 3. The number of hydrogen-bond donors (Lipinski definition) is 0. The van der Waals surface area contributed by atoms with Gasteiger partial charge in [-0.1, -0.05) is 164 Å². The van der Waals surface area contributed by atoms with Crippen LogP contribution in [0.15, 0.2) is 200 Å². The summed E-state index contributed by atoms with van der Waals surface area (Å²) in [4.78, 5) is 13.9. The van der Waals surface area contributed by atoms with Crippen molar-refractivity contribution in [3.63, 3.8) is 0 Å². The Labute approximate surface area is 300 Å². The minimum absolute atomic E-state index is 0. The van der Waals surface area contributed by atoms with Gasteiger partial charge in [0, 0.05) is 53.0 Å². The van der Waals surface area contributed by atoms with Crippen molar-refractivity contribution in [2.45, 2.75) is 0 Å². The van der Waals surface area contributed by atoms with Crippen molar-refractivity contribution in [1.82, 2.24) is 15.0 Å². The van der Waals surface area contributed by atoms with Crippen LogP contribution >= 0.6 is 0 Å². The summed E-state index contributed by atoms with van der Waals surface area (Å²) in [5.74, 6) is 0. The number of hydrogen-bond acceptors (Lipinski definition) is 3. The van der Waals surface area contributed by atoms with Gasteiger partial charge in [-0.05, 0) is 36.4 Å². The summed E-state index contributed by atoms with van der Waals surface area (Å²) < 4.78 is 0. The molecule has 6 aromatic carbocycles. The van der Waals surface area contributed by atoms with Crippen molar-refractivity contribution in [3.8, 4) is 33.8 Å². The fraction of sp³-hybridized carbons (Fsp3) is 0. The molecule has 0 bridgehead atoms. The molecule has 3 nitrogen and oxygen atoms in total. The molecule has 0 saturated carbocycles. The van der Waals surface area contributed by atoms with Gasteiger partial charge in [0.15, 0.2) is 0 Å². The zero-order valence-electron chi connectivity index (χ0n) is 26.7. The van der Waals surface area contributed by atoms with E-state index in [1.54, 1.807) is 0 Å². The average molecular weight is 808 g/mol. The van der Waals surface area contributed by atoms with Gasteiger partial charge < -0.3 is 0 Å². The minimum Gasteiger partial charge on any atom is -0.248 e. The minimum atomic E-state index is 0. The molecule has 0 unspecified atom stereocenters. The molecule has 9 aromatic rings. The maximum absolute atomic E-state index is 4.65. The van der Waals surface area contributed by atoms with E-state index in [-0.39, 0.29) is 20.1 Å². The maximum atomic E-state index is 4.65. The van der Waals surface area contributed by atoms with E-state index in [1.807, 2.05) is 109 Å². The molecule has 0 fully saturated rings. The first-order chi connectivity index (χ1) is 23.8. The van der Waals surface area contributed by atoms with Gasteiger partial charge in [-0.2, -0.15) is 0 Å². The summed E-state index contributed by atoms with van der Waals surface area (Å²) >= 11 is 0. The average Bonchev–Trinajstić information content (AvgIpc) is 3.19. The van der Waals surface area contributed by atoms with Crippen LogP contribution in [0.2, 0.25) is 0 Å². The third-order valence-electron chi connectivity index (χ3n) is 8.00. The second-order valence-electron chi connectivity index (χ2n) is 11.3. The van der Waals surface area contributed by atoms with Crippen LogP contribution in [0.3, 0.4) is 0 Å². The monoisotopic (exact) mass is 808 g/mol. The first kappa shape index (κ1) is 33.1. The van der Waals surface area contributed by atoms with Crippen molar-refractivity contribution >= 4 is 32.7 Å². The second kappa shape index (κ2) is 16.3. The van der Waals surface area contributed by atoms with E-state index < -0.39 is 0 Å². The molecule has 49 heavy (non-hydrogen) atoms. The van der Waals surface area contributed by atoms with Crippen molar-refractivity contribution in [3.05, 3.63) is 200 Å². The molecular weight excluding hydrogens is 775 g/mol. The van der Waals surface area contributed by atoms with Crippen LogP contribution in [-0.4, -0.2) is 15.0 Å². The number of aromatic nitrogens is 3. The summed E-state index contributed by atoms with van der Waals surface area (Å²) in [6.45, 7) is 0. The number of pyridine rings is 3. The number of fused-ring (bicyclic) bond motifs is 3. The van der Waals surface area contributed by atoms with Gasteiger partial charge in [0.1, 0.15) is 0 Å². The van der Waals surface area contributed by atoms with Crippen LogP contribution in [-0.2, 0) is 20.1 Å². The van der Waals surface area contributed by atoms with Crippen molar-refractivity contribution in [2.24, 2.45) is 0 Å². The smallest absolute Gasteiger partial charge is 0.0709 e. The SMILES string of the molecule is [Ir].c1ccc(-c2ccc3ccccc3n2)cc1.c1ccc(-c2ccc3ccccc3n2)cc1.c1ccc(-c2ccc3ccccc3n2)cc1. The largest absolute Gasteiger partial charge is 0.248 e. The Bertz CT molecular complexity index is 2120. The van der Waals surface area contributed by atoms with Gasteiger partial charge in [-0.25, -0.2) is 15.0 Å².